The van der Waals surface area contributed by atoms with E-state index in [0.717, 1.165) is 5.56 Å². The van der Waals surface area contributed by atoms with E-state index in [9.17, 15) is 9.18 Å². The highest BCUT2D eigenvalue weighted by molar-refractivity contribution is 6.33. The molecule has 0 fully saturated rings. The van der Waals surface area contributed by atoms with Gasteiger partial charge in [0.05, 0.1) is 10.7 Å². The quantitative estimate of drug-likeness (QED) is 0.902. The van der Waals surface area contributed by atoms with E-state index in [4.69, 9.17) is 17.3 Å². The van der Waals surface area contributed by atoms with Crippen molar-refractivity contribution in [2.24, 2.45) is 5.73 Å². The van der Waals surface area contributed by atoms with Crippen molar-refractivity contribution in [2.75, 3.05) is 5.32 Å². The first-order chi connectivity index (χ1) is 9.06. The molecular weight excluding hydrogens is 267 g/mol. The van der Waals surface area contributed by atoms with Crippen molar-refractivity contribution in [1.82, 2.24) is 0 Å². The van der Waals surface area contributed by atoms with Crippen LogP contribution in [0.15, 0.2) is 42.5 Å². The number of halogens is 2. The molecule has 5 heteroatoms. The number of carbonyl (C=O) groups excluding carboxylic acids is 1. The Balaban J connectivity index is 2.15. The van der Waals surface area contributed by atoms with Crippen LogP contribution < -0.4 is 11.1 Å². The van der Waals surface area contributed by atoms with Crippen LogP contribution in [0.4, 0.5) is 10.1 Å². The second kappa shape index (κ2) is 5.71. The molecule has 3 N–H and O–H groups in total. The molecule has 0 aliphatic rings. The first-order valence-electron chi connectivity index (χ1n) is 5.64. The highest BCUT2D eigenvalue weighted by atomic mass is 35.5. The zero-order chi connectivity index (χ0) is 13.8. The van der Waals surface area contributed by atoms with E-state index in [0.29, 0.717) is 22.8 Å². The lowest BCUT2D eigenvalue weighted by molar-refractivity contribution is 0.100. The van der Waals surface area contributed by atoms with Gasteiger partial charge in [0.15, 0.2) is 0 Å². The second-order valence-corrected chi connectivity index (χ2v) is 4.45. The molecule has 2 aromatic rings. The number of anilines is 1. The highest BCUT2D eigenvalue weighted by Crippen LogP contribution is 2.23. The predicted molar refractivity (Wildman–Crippen MR) is 73.7 cm³/mol. The van der Waals surface area contributed by atoms with Crippen LogP contribution in [-0.4, -0.2) is 5.91 Å². The minimum atomic E-state index is -0.523. The summed E-state index contributed by atoms with van der Waals surface area (Å²) in [6, 6.07) is 11.0. The van der Waals surface area contributed by atoms with Gasteiger partial charge >= 0.3 is 0 Å². The van der Waals surface area contributed by atoms with Crippen molar-refractivity contribution >= 4 is 23.2 Å². The predicted octanol–water partition coefficient (Wildman–Crippen LogP) is 3.19. The monoisotopic (exact) mass is 278 g/mol. The Morgan fingerprint density at radius 1 is 1.26 bits per heavy atom. The molecule has 0 heterocycles. The summed E-state index contributed by atoms with van der Waals surface area (Å²) < 4.78 is 13.0. The SMILES string of the molecule is NC(=O)c1ccc(Cl)c(NCc2cccc(F)c2)c1. The fraction of sp³-hybridized carbons (Fsp3) is 0.0714. The van der Waals surface area contributed by atoms with Gasteiger partial charge in [0.25, 0.3) is 0 Å². The summed E-state index contributed by atoms with van der Waals surface area (Å²) in [5.74, 6) is -0.818. The molecule has 2 aromatic carbocycles. The molecule has 19 heavy (non-hydrogen) atoms. The third-order valence-electron chi connectivity index (χ3n) is 2.62. The molecule has 0 atom stereocenters. The number of primary amides is 1. The molecule has 0 saturated heterocycles. The first-order valence-corrected chi connectivity index (χ1v) is 6.02. The lowest BCUT2D eigenvalue weighted by Gasteiger charge is -2.09. The van der Waals surface area contributed by atoms with Crippen molar-refractivity contribution in [1.29, 1.82) is 0 Å². The third-order valence-corrected chi connectivity index (χ3v) is 2.95. The number of benzene rings is 2. The Morgan fingerprint density at radius 2 is 2.05 bits per heavy atom. The van der Waals surface area contributed by atoms with Gasteiger partial charge in [-0.3, -0.25) is 4.79 Å². The van der Waals surface area contributed by atoms with Gasteiger partial charge < -0.3 is 11.1 Å². The number of carbonyl (C=O) groups is 1. The van der Waals surface area contributed by atoms with Crippen LogP contribution in [0.3, 0.4) is 0 Å². The van der Waals surface area contributed by atoms with Gasteiger partial charge in [0, 0.05) is 12.1 Å². The van der Waals surface area contributed by atoms with Gasteiger partial charge in [0.2, 0.25) is 5.91 Å². The molecular formula is C14H12ClFN2O. The molecule has 98 valence electrons. The van der Waals surface area contributed by atoms with E-state index in [1.165, 1.54) is 12.1 Å². The summed E-state index contributed by atoms with van der Waals surface area (Å²) in [4.78, 5) is 11.1. The Morgan fingerprint density at radius 3 is 2.74 bits per heavy atom. The summed E-state index contributed by atoms with van der Waals surface area (Å²) in [5.41, 5.74) is 6.93. The zero-order valence-corrected chi connectivity index (χ0v) is 10.7. The van der Waals surface area contributed by atoms with Crippen LogP contribution in [0.1, 0.15) is 15.9 Å². The van der Waals surface area contributed by atoms with Gasteiger partial charge in [-0.25, -0.2) is 4.39 Å². The minimum absolute atomic E-state index is 0.295. The van der Waals surface area contributed by atoms with E-state index in [1.807, 2.05) is 0 Å². The maximum absolute atomic E-state index is 13.0. The number of hydrogen-bond donors (Lipinski definition) is 2. The van der Waals surface area contributed by atoms with Gasteiger partial charge in [-0.1, -0.05) is 23.7 Å². The van der Waals surface area contributed by atoms with Crippen molar-refractivity contribution in [2.45, 2.75) is 6.54 Å². The maximum Gasteiger partial charge on any atom is 0.248 e. The van der Waals surface area contributed by atoms with E-state index >= 15 is 0 Å². The van der Waals surface area contributed by atoms with Crippen LogP contribution in [0.2, 0.25) is 5.02 Å². The van der Waals surface area contributed by atoms with Gasteiger partial charge in [-0.2, -0.15) is 0 Å². The molecule has 3 nitrogen and oxygen atoms in total. The summed E-state index contributed by atoms with van der Waals surface area (Å²) in [6.07, 6.45) is 0. The largest absolute Gasteiger partial charge is 0.380 e. The van der Waals surface area contributed by atoms with Crippen LogP contribution in [0.25, 0.3) is 0 Å². The molecule has 0 aliphatic heterocycles. The van der Waals surface area contributed by atoms with E-state index in [-0.39, 0.29) is 5.82 Å². The Hall–Kier alpha value is -2.07. The Labute approximate surface area is 115 Å². The number of nitrogens with one attached hydrogen (secondary N) is 1. The first kappa shape index (κ1) is 13.4. The lowest BCUT2D eigenvalue weighted by atomic mass is 10.1. The molecule has 0 aromatic heterocycles. The standard InChI is InChI=1S/C14H12ClFN2O/c15-12-5-4-10(14(17)19)7-13(12)18-8-9-2-1-3-11(16)6-9/h1-7,18H,8H2,(H2,17,19). The Bertz CT molecular complexity index is 616. The third kappa shape index (κ3) is 3.45. The molecule has 0 unspecified atom stereocenters. The van der Waals surface area contributed by atoms with Crippen molar-refractivity contribution in [3.8, 4) is 0 Å². The average Bonchev–Trinajstić information content (AvgIpc) is 2.37. The minimum Gasteiger partial charge on any atom is -0.380 e. The highest BCUT2D eigenvalue weighted by Gasteiger charge is 2.06. The molecule has 2 rings (SSSR count). The van der Waals surface area contributed by atoms with E-state index < -0.39 is 5.91 Å². The topological polar surface area (TPSA) is 55.1 Å². The fourth-order valence-electron chi connectivity index (χ4n) is 1.66. The Kier molecular flexibility index (Phi) is 4.02. The lowest BCUT2D eigenvalue weighted by Crippen LogP contribution is -2.11. The van der Waals surface area contributed by atoms with Crippen molar-refractivity contribution < 1.29 is 9.18 Å². The van der Waals surface area contributed by atoms with E-state index in [1.54, 1.807) is 30.3 Å². The number of nitrogens with two attached hydrogens (primary N) is 1. The maximum atomic E-state index is 13.0. The van der Waals surface area contributed by atoms with Crippen LogP contribution in [0.5, 0.6) is 0 Å². The van der Waals surface area contributed by atoms with Crippen molar-refractivity contribution in [3.63, 3.8) is 0 Å². The van der Waals surface area contributed by atoms with E-state index in [2.05, 4.69) is 5.32 Å². The van der Waals surface area contributed by atoms with Crippen LogP contribution in [-0.2, 0) is 6.54 Å². The molecule has 0 aliphatic carbocycles. The summed E-state index contributed by atoms with van der Waals surface area (Å²) >= 11 is 6.01. The molecule has 0 radical (unpaired) electrons. The average molecular weight is 279 g/mol. The normalized spacial score (nSPS) is 10.2. The molecule has 0 bridgehead atoms. The summed E-state index contributed by atoms with van der Waals surface area (Å²) in [7, 11) is 0. The molecule has 0 spiro atoms. The smallest absolute Gasteiger partial charge is 0.248 e. The van der Waals surface area contributed by atoms with Crippen LogP contribution >= 0.6 is 11.6 Å². The van der Waals surface area contributed by atoms with Crippen LogP contribution in [0, 0.1) is 5.82 Å². The zero-order valence-electron chi connectivity index (χ0n) is 9.99. The second-order valence-electron chi connectivity index (χ2n) is 4.04. The van der Waals surface area contributed by atoms with Gasteiger partial charge in [0.1, 0.15) is 5.82 Å². The number of amides is 1. The fourth-order valence-corrected chi connectivity index (χ4v) is 1.84. The number of hydrogen-bond acceptors (Lipinski definition) is 2. The molecule has 1 amide bonds. The summed E-state index contributed by atoms with van der Waals surface area (Å²) in [6.45, 7) is 0.402. The van der Waals surface area contributed by atoms with Crippen molar-refractivity contribution in [3.05, 3.63) is 64.4 Å². The van der Waals surface area contributed by atoms with Gasteiger partial charge in [-0.15, -0.1) is 0 Å². The van der Waals surface area contributed by atoms with Gasteiger partial charge in [-0.05, 0) is 35.9 Å². The number of rotatable bonds is 4. The summed E-state index contributed by atoms with van der Waals surface area (Å²) in [5, 5.41) is 3.52. The molecule has 0 saturated carbocycles.